The number of hydrogen-bond donors (Lipinski definition) is 1. The van der Waals surface area contributed by atoms with Crippen LogP contribution in [0.1, 0.15) is 36.8 Å². The molecule has 1 N–H and O–H groups in total. The first-order chi connectivity index (χ1) is 12.5. The molecule has 1 aromatic heterocycles. The Bertz CT molecular complexity index is 744. The van der Waals surface area contributed by atoms with Crippen LogP contribution in [0.15, 0.2) is 53.1 Å². The Morgan fingerprint density at radius 1 is 1.27 bits per heavy atom. The summed E-state index contributed by atoms with van der Waals surface area (Å²) in [7, 11) is 0. The molecule has 1 aromatic carbocycles. The van der Waals surface area contributed by atoms with Crippen molar-refractivity contribution in [1.29, 1.82) is 5.26 Å². The van der Waals surface area contributed by atoms with Crippen molar-refractivity contribution in [2.45, 2.75) is 30.8 Å². The molecule has 1 heterocycles. The SMILES string of the molecule is CC(C)CC(SC(c1ccccc1)c1ccc(Br)cn1)C(=O)NCC#N. The summed E-state index contributed by atoms with van der Waals surface area (Å²) in [5.74, 6) is 0.276. The van der Waals surface area contributed by atoms with Crippen LogP contribution in [0, 0.1) is 17.2 Å². The molecule has 4 nitrogen and oxygen atoms in total. The van der Waals surface area contributed by atoms with E-state index in [1.807, 2.05) is 36.4 Å². The van der Waals surface area contributed by atoms with Crippen molar-refractivity contribution < 1.29 is 4.79 Å². The quantitative estimate of drug-likeness (QED) is 0.613. The number of benzene rings is 1. The van der Waals surface area contributed by atoms with E-state index < -0.39 is 0 Å². The lowest BCUT2D eigenvalue weighted by Gasteiger charge is -2.24. The highest BCUT2D eigenvalue weighted by Crippen LogP contribution is 2.39. The molecule has 0 radical (unpaired) electrons. The first-order valence-corrected chi connectivity index (χ1v) is 10.2. The van der Waals surface area contributed by atoms with Crippen LogP contribution >= 0.6 is 27.7 Å². The van der Waals surface area contributed by atoms with Crippen LogP contribution < -0.4 is 5.32 Å². The van der Waals surface area contributed by atoms with Crippen LogP contribution in [-0.4, -0.2) is 22.7 Å². The second kappa shape index (κ2) is 10.3. The third-order valence-corrected chi connectivity index (χ3v) is 5.73. The van der Waals surface area contributed by atoms with Crippen molar-refractivity contribution in [2.24, 2.45) is 5.92 Å². The molecule has 2 rings (SSSR count). The molecule has 0 aliphatic heterocycles. The van der Waals surface area contributed by atoms with Gasteiger partial charge in [0, 0.05) is 10.7 Å². The lowest BCUT2D eigenvalue weighted by Crippen LogP contribution is -2.34. The zero-order valence-electron chi connectivity index (χ0n) is 14.9. The number of aromatic nitrogens is 1. The maximum Gasteiger partial charge on any atom is 0.233 e. The highest BCUT2D eigenvalue weighted by molar-refractivity contribution is 9.10. The molecule has 0 saturated heterocycles. The van der Waals surface area contributed by atoms with E-state index in [0.717, 1.165) is 22.2 Å². The van der Waals surface area contributed by atoms with Gasteiger partial charge in [-0.25, -0.2) is 0 Å². The molecule has 2 atom stereocenters. The number of thioether (sulfide) groups is 1. The Labute approximate surface area is 167 Å². The lowest BCUT2D eigenvalue weighted by molar-refractivity contribution is -0.120. The molecule has 26 heavy (non-hydrogen) atoms. The van der Waals surface area contributed by atoms with Gasteiger partial charge in [-0.05, 0) is 46.0 Å². The first kappa shape index (κ1) is 20.5. The van der Waals surface area contributed by atoms with E-state index in [-0.39, 0.29) is 23.0 Å². The third kappa shape index (κ3) is 6.15. The zero-order valence-corrected chi connectivity index (χ0v) is 17.3. The van der Waals surface area contributed by atoms with Crippen LogP contribution in [-0.2, 0) is 4.79 Å². The summed E-state index contributed by atoms with van der Waals surface area (Å²) in [6, 6.07) is 16.0. The number of rotatable bonds is 8. The van der Waals surface area contributed by atoms with E-state index in [0.29, 0.717) is 5.92 Å². The Morgan fingerprint density at radius 3 is 2.58 bits per heavy atom. The first-order valence-electron chi connectivity index (χ1n) is 8.47. The zero-order chi connectivity index (χ0) is 18.9. The highest BCUT2D eigenvalue weighted by Gasteiger charge is 2.27. The van der Waals surface area contributed by atoms with Gasteiger partial charge >= 0.3 is 0 Å². The molecular formula is C20H22BrN3OS. The van der Waals surface area contributed by atoms with Crippen molar-refractivity contribution >= 4 is 33.6 Å². The van der Waals surface area contributed by atoms with Gasteiger partial charge in [-0.1, -0.05) is 44.2 Å². The minimum atomic E-state index is -0.251. The number of halogens is 1. The van der Waals surface area contributed by atoms with Gasteiger partial charge in [0.15, 0.2) is 0 Å². The average Bonchev–Trinajstić information content (AvgIpc) is 2.64. The van der Waals surface area contributed by atoms with Crippen molar-refractivity contribution in [3.63, 3.8) is 0 Å². The molecule has 2 aromatic rings. The summed E-state index contributed by atoms with van der Waals surface area (Å²) in [6.07, 6.45) is 2.51. The predicted molar refractivity (Wildman–Crippen MR) is 110 cm³/mol. The van der Waals surface area contributed by atoms with Gasteiger partial charge in [0.1, 0.15) is 6.54 Å². The summed E-state index contributed by atoms with van der Waals surface area (Å²) < 4.78 is 0.920. The topological polar surface area (TPSA) is 65.8 Å². The minimum Gasteiger partial charge on any atom is -0.342 e. The van der Waals surface area contributed by atoms with Crippen LogP contribution in [0.25, 0.3) is 0 Å². The number of carbonyl (C=O) groups excluding carboxylic acids is 1. The molecule has 0 aliphatic carbocycles. The van der Waals surface area contributed by atoms with Gasteiger partial charge < -0.3 is 5.32 Å². The molecular weight excluding hydrogens is 410 g/mol. The average molecular weight is 432 g/mol. The molecule has 0 aliphatic rings. The molecule has 0 bridgehead atoms. The van der Waals surface area contributed by atoms with Gasteiger partial charge in [0.2, 0.25) is 5.91 Å². The molecule has 136 valence electrons. The smallest absolute Gasteiger partial charge is 0.233 e. The number of pyridine rings is 1. The fourth-order valence-corrected chi connectivity index (χ4v) is 4.41. The number of nitrogens with one attached hydrogen (secondary N) is 1. The van der Waals surface area contributed by atoms with Gasteiger partial charge in [-0.3, -0.25) is 9.78 Å². The van der Waals surface area contributed by atoms with Crippen LogP contribution in [0.5, 0.6) is 0 Å². The Balaban J connectivity index is 2.32. The molecule has 2 unspecified atom stereocenters. The van der Waals surface area contributed by atoms with Gasteiger partial charge in [-0.2, -0.15) is 5.26 Å². The van der Waals surface area contributed by atoms with Crippen molar-refractivity contribution in [2.75, 3.05) is 6.54 Å². The van der Waals surface area contributed by atoms with Crippen LogP contribution in [0.2, 0.25) is 0 Å². The Morgan fingerprint density at radius 2 is 2.00 bits per heavy atom. The molecule has 6 heteroatoms. The highest BCUT2D eigenvalue weighted by atomic mass is 79.9. The van der Waals surface area contributed by atoms with E-state index in [1.54, 1.807) is 18.0 Å². The number of amides is 1. The molecule has 0 fully saturated rings. The second-order valence-electron chi connectivity index (χ2n) is 6.32. The Kier molecular flexibility index (Phi) is 8.14. The van der Waals surface area contributed by atoms with Crippen molar-refractivity contribution in [3.8, 4) is 6.07 Å². The van der Waals surface area contributed by atoms with Crippen LogP contribution in [0.3, 0.4) is 0 Å². The number of hydrogen-bond acceptors (Lipinski definition) is 4. The van der Waals surface area contributed by atoms with Gasteiger partial charge in [0.05, 0.1) is 22.3 Å². The van der Waals surface area contributed by atoms with Crippen molar-refractivity contribution in [3.05, 3.63) is 64.4 Å². The van der Waals surface area contributed by atoms with E-state index in [1.165, 1.54) is 0 Å². The largest absolute Gasteiger partial charge is 0.342 e. The number of carbonyl (C=O) groups is 1. The fourth-order valence-electron chi connectivity index (χ4n) is 2.55. The van der Waals surface area contributed by atoms with E-state index in [4.69, 9.17) is 5.26 Å². The number of nitrogens with zero attached hydrogens (tertiary/aromatic N) is 2. The lowest BCUT2D eigenvalue weighted by atomic mass is 10.1. The third-order valence-electron chi connectivity index (χ3n) is 3.74. The summed E-state index contributed by atoms with van der Waals surface area (Å²) >= 11 is 5.01. The minimum absolute atomic E-state index is 0.0283. The summed E-state index contributed by atoms with van der Waals surface area (Å²) in [5, 5.41) is 11.2. The van der Waals surface area contributed by atoms with E-state index in [9.17, 15) is 4.79 Å². The molecule has 1 amide bonds. The standard InChI is InChI=1S/C20H22BrN3OS/c1-14(2)12-18(20(25)23-11-10-22)26-19(15-6-4-3-5-7-15)17-9-8-16(21)13-24-17/h3-9,13-14,18-19H,11-12H2,1-2H3,(H,23,25). The summed E-state index contributed by atoms with van der Waals surface area (Å²) in [5.41, 5.74) is 2.01. The fraction of sp³-hybridized carbons (Fsp3) is 0.350. The molecule has 0 saturated carbocycles. The maximum absolute atomic E-state index is 12.6. The Hall–Kier alpha value is -1.84. The summed E-state index contributed by atoms with van der Waals surface area (Å²) in [4.78, 5) is 17.1. The number of nitriles is 1. The van der Waals surface area contributed by atoms with Gasteiger partial charge in [-0.15, -0.1) is 11.8 Å². The summed E-state index contributed by atoms with van der Waals surface area (Å²) in [6.45, 7) is 4.22. The maximum atomic E-state index is 12.6. The van der Waals surface area contributed by atoms with E-state index >= 15 is 0 Å². The van der Waals surface area contributed by atoms with E-state index in [2.05, 4.69) is 52.2 Å². The monoisotopic (exact) mass is 431 g/mol. The van der Waals surface area contributed by atoms with Gasteiger partial charge in [0.25, 0.3) is 0 Å². The van der Waals surface area contributed by atoms with Crippen LogP contribution in [0.4, 0.5) is 0 Å². The second-order valence-corrected chi connectivity index (χ2v) is 8.55. The van der Waals surface area contributed by atoms with Crippen molar-refractivity contribution in [1.82, 2.24) is 10.3 Å². The normalized spacial score (nSPS) is 13.0. The molecule has 0 spiro atoms. The predicted octanol–water partition coefficient (Wildman–Crippen LogP) is 4.72.